The van der Waals surface area contributed by atoms with Gasteiger partial charge in [0.05, 0.1) is 8.07 Å². The fraction of sp³-hybridized carbons (Fsp3) is 0.333. The summed E-state index contributed by atoms with van der Waals surface area (Å²) in [5.74, 6) is 0. The summed E-state index contributed by atoms with van der Waals surface area (Å²) < 4.78 is 0. The highest BCUT2D eigenvalue weighted by Gasteiger charge is 2.26. The van der Waals surface area contributed by atoms with Crippen molar-refractivity contribution in [3.63, 3.8) is 0 Å². The average Bonchev–Trinajstić information content (AvgIpc) is 2.16. The molecule has 0 saturated carbocycles. The Morgan fingerprint density at radius 3 is 1.57 bits per heavy atom. The molecule has 0 amide bonds. The molecule has 0 spiro atoms. The van der Waals surface area contributed by atoms with Gasteiger partial charge in [0.25, 0.3) is 0 Å². The number of hydrogen-bond donors (Lipinski definition) is 1. The zero-order valence-electron chi connectivity index (χ0n) is 8.91. The SMILES string of the molecule is C=CC[Si](CC=C)(CC=C)CC=CN. The van der Waals surface area contributed by atoms with Gasteiger partial charge in [-0.3, -0.25) is 0 Å². The lowest BCUT2D eigenvalue weighted by Crippen LogP contribution is -2.31. The van der Waals surface area contributed by atoms with Crippen molar-refractivity contribution < 1.29 is 0 Å². The summed E-state index contributed by atoms with van der Waals surface area (Å²) in [5, 5.41) is 0. The van der Waals surface area contributed by atoms with E-state index in [1.54, 1.807) is 6.20 Å². The van der Waals surface area contributed by atoms with Crippen LogP contribution in [0.25, 0.3) is 0 Å². The third kappa shape index (κ3) is 4.28. The Labute approximate surface area is 88.7 Å². The number of allylic oxidation sites excluding steroid dienone is 4. The van der Waals surface area contributed by atoms with Crippen LogP contribution in [0.1, 0.15) is 0 Å². The highest BCUT2D eigenvalue weighted by molar-refractivity contribution is 6.81. The molecule has 0 aromatic carbocycles. The molecule has 14 heavy (non-hydrogen) atoms. The average molecular weight is 207 g/mol. The molecule has 0 heterocycles. The molecule has 0 saturated heterocycles. The topological polar surface area (TPSA) is 26.0 Å². The molecule has 1 nitrogen and oxygen atoms in total. The largest absolute Gasteiger partial charge is 0.405 e. The van der Waals surface area contributed by atoms with Crippen LogP contribution in [0.5, 0.6) is 0 Å². The van der Waals surface area contributed by atoms with Gasteiger partial charge < -0.3 is 5.73 Å². The molecule has 0 unspecified atom stereocenters. The fourth-order valence-electron chi connectivity index (χ4n) is 1.74. The molecule has 2 heteroatoms. The van der Waals surface area contributed by atoms with E-state index in [1.165, 1.54) is 0 Å². The Hall–Kier alpha value is -1.02. The summed E-state index contributed by atoms with van der Waals surface area (Å²) >= 11 is 0. The monoisotopic (exact) mass is 207 g/mol. The standard InChI is InChI=1S/C12H21NSi/c1-4-9-14(10-5-2,11-6-3)12-7-8-13/h4-8H,1-3,9-13H2. The van der Waals surface area contributed by atoms with Gasteiger partial charge in [-0.15, -0.1) is 19.7 Å². The van der Waals surface area contributed by atoms with Crippen molar-refractivity contribution in [2.75, 3.05) is 0 Å². The summed E-state index contributed by atoms with van der Waals surface area (Å²) in [6.45, 7) is 11.5. The maximum absolute atomic E-state index is 5.39. The molecule has 0 aliphatic heterocycles. The van der Waals surface area contributed by atoms with Crippen LogP contribution < -0.4 is 5.73 Å². The predicted octanol–water partition coefficient (Wildman–Crippen LogP) is 3.47. The summed E-state index contributed by atoms with van der Waals surface area (Å²) in [6.07, 6.45) is 9.75. The zero-order chi connectivity index (χ0) is 10.9. The van der Waals surface area contributed by atoms with Crippen molar-refractivity contribution in [2.24, 2.45) is 5.73 Å². The Morgan fingerprint density at radius 1 is 0.857 bits per heavy atom. The lowest BCUT2D eigenvalue weighted by Gasteiger charge is -2.27. The molecule has 0 rings (SSSR count). The highest BCUT2D eigenvalue weighted by atomic mass is 28.3. The fourth-order valence-corrected chi connectivity index (χ4v) is 5.21. The van der Waals surface area contributed by atoms with Crippen LogP contribution in [0, 0.1) is 0 Å². The highest BCUT2D eigenvalue weighted by Crippen LogP contribution is 2.27. The minimum atomic E-state index is -1.34. The normalized spacial score (nSPS) is 11.4. The van der Waals surface area contributed by atoms with E-state index in [0.717, 1.165) is 24.2 Å². The molecule has 0 aromatic heterocycles. The zero-order valence-corrected chi connectivity index (χ0v) is 9.91. The Morgan fingerprint density at radius 2 is 1.29 bits per heavy atom. The van der Waals surface area contributed by atoms with Crippen molar-refractivity contribution >= 4 is 8.07 Å². The van der Waals surface area contributed by atoms with E-state index in [4.69, 9.17) is 5.73 Å². The number of hydrogen-bond acceptors (Lipinski definition) is 1. The predicted molar refractivity (Wildman–Crippen MR) is 68.9 cm³/mol. The second kappa shape index (κ2) is 7.39. The molecule has 0 radical (unpaired) electrons. The second-order valence-electron chi connectivity index (χ2n) is 3.61. The molecule has 0 atom stereocenters. The van der Waals surface area contributed by atoms with Crippen LogP contribution in [-0.2, 0) is 0 Å². The van der Waals surface area contributed by atoms with Crippen LogP contribution in [-0.4, -0.2) is 8.07 Å². The maximum atomic E-state index is 5.39. The molecule has 0 aliphatic carbocycles. The molecule has 0 aliphatic rings. The summed E-state index contributed by atoms with van der Waals surface area (Å²) in [4.78, 5) is 0. The van der Waals surface area contributed by atoms with Gasteiger partial charge in [0.15, 0.2) is 0 Å². The minimum Gasteiger partial charge on any atom is -0.405 e. The lowest BCUT2D eigenvalue weighted by molar-refractivity contribution is 1.29. The van der Waals surface area contributed by atoms with E-state index in [-0.39, 0.29) is 0 Å². The first kappa shape index (κ1) is 13.0. The van der Waals surface area contributed by atoms with Crippen LogP contribution in [0.2, 0.25) is 24.2 Å². The first-order chi connectivity index (χ1) is 6.74. The van der Waals surface area contributed by atoms with Crippen molar-refractivity contribution in [3.8, 4) is 0 Å². The van der Waals surface area contributed by atoms with Crippen molar-refractivity contribution in [3.05, 3.63) is 50.2 Å². The van der Waals surface area contributed by atoms with Crippen molar-refractivity contribution in [2.45, 2.75) is 24.2 Å². The third-order valence-corrected chi connectivity index (χ3v) is 6.98. The maximum Gasteiger partial charge on any atom is 0.0686 e. The van der Waals surface area contributed by atoms with Gasteiger partial charge in [-0.2, -0.15) is 0 Å². The summed E-state index contributed by atoms with van der Waals surface area (Å²) in [6, 6.07) is 4.41. The quantitative estimate of drug-likeness (QED) is 0.479. The third-order valence-electron chi connectivity index (χ3n) is 2.42. The first-order valence-corrected chi connectivity index (χ1v) is 7.77. The van der Waals surface area contributed by atoms with Gasteiger partial charge in [0.2, 0.25) is 0 Å². The smallest absolute Gasteiger partial charge is 0.0686 e. The Balaban J connectivity index is 4.59. The molecule has 0 bridgehead atoms. The van der Waals surface area contributed by atoms with E-state index >= 15 is 0 Å². The van der Waals surface area contributed by atoms with Crippen LogP contribution >= 0.6 is 0 Å². The number of rotatable bonds is 8. The van der Waals surface area contributed by atoms with E-state index in [9.17, 15) is 0 Å². The van der Waals surface area contributed by atoms with Gasteiger partial charge >= 0.3 is 0 Å². The molecule has 0 fully saturated rings. The van der Waals surface area contributed by atoms with E-state index in [1.807, 2.05) is 18.2 Å². The van der Waals surface area contributed by atoms with Gasteiger partial charge in [-0.05, 0) is 30.4 Å². The Kier molecular flexibility index (Phi) is 6.85. The van der Waals surface area contributed by atoms with Crippen LogP contribution in [0.15, 0.2) is 50.2 Å². The molecule has 2 N–H and O–H groups in total. The number of nitrogens with two attached hydrogens (primary N) is 1. The van der Waals surface area contributed by atoms with E-state index in [2.05, 4.69) is 25.8 Å². The van der Waals surface area contributed by atoms with Crippen molar-refractivity contribution in [1.29, 1.82) is 0 Å². The molecular weight excluding hydrogens is 186 g/mol. The molecule has 78 valence electrons. The van der Waals surface area contributed by atoms with Crippen LogP contribution in [0.3, 0.4) is 0 Å². The van der Waals surface area contributed by atoms with E-state index < -0.39 is 8.07 Å². The van der Waals surface area contributed by atoms with E-state index in [0.29, 0.717) is 0 Å². The van der Waals surface area contributed by atoms with Crippen LogP contribution in [0.4, 0.5) is 0 Å². The second-order valence-corrected chi connectivity index (χ2v) is 8.24. The van der Waals surface area contributed by atoms with Gasteiger partial charge in [0, 0.05) is 0 Å². The van der Waals surface area contributed by atoms with Gasteiger partial charge in [-0.1, -0.05) is 24.3 Å². The van der Waals surface area contributed by atoms with Crippen molar-refractivity contribution in [1.82, 2.24) is 0 Å². The lowest BCUT2D eigenvalue weighted by atomic mass is 10.7. The molecular formula is C12H21NSi. The minimum absolute atomic E-state index is 1.09. The summed E-state index contributed by atoms with van der Waals surface area (Å²) in [7, 11) is -1.34. The van der Waals surface area contributed by atoms with Gasteiger partial charge in [-0.25, -0.2) is 0 Å². The molecule has 0 aromatic rings. The van der Waals surface area contributed by atoms with Gasteiger partial charge in [0.1, 0.15) is 0 Å². The summed E-state index contributed by atoms with van der Waals surface area (Å²) in [5.41, 5.74) is 5.39. The Bertz CT molecular complexity index is 192. The first-order valence-electron chi connectivity index (χ1n) is 4.94.